The van der Waals surface area contributed by atoms with Gasteiger partial charge in [-0.3, -0.25) is 4.79 Å². The molecule has 1 fully saturated rings. The van der Waals surface area contributed by atoms with Crippen molar-refractivity contribution >= 4 is 5.97 Å². The van der Waals surface area contributed by atoms with Crippen molar-refractivity contribution in [2.24, 2.45) is 0 Å². The summed E-state index contributed by atoms with van der Waals surface area (Å²) in [5.74, 6) is -0.629. The Kier molecular flexibility index (Phi) is 2.95. The van der Waals surface area contributed by atoms with Gasteiger partial charge in [-0.15, -0.1) is 0 Å². The predicted molar refractivity (Wildman–Crippen MR) is 58.3 cm³/mol. The zero-order valence-corrected chi connectivity index (χ0v) is 9.33. The third kappa shape index (κ3) is 1.94. The first-order valence-corrected chi connectivity index (χ1v) is 5.59. The highest BCUT2D eigenvalue weighted by Gasteiger charge is 2.40. The highest BCUT2D eigenvalue weighted by molar-refractivity contribution is 5.67. The zero-order chi connectivity index (χ0) is 11.6. The molecule has 0 unspecified atom stereocenters. The lowest BCUT2D eigenvalue weighted by molar-refractivity contribution is -0.158. The highest BCUT2D eigenvalue weighted by Crippen LogP contribution is 2.43. The van der Waals surface area contributed by atoms with E-state index in [1.807, 2.05) is 0 Å². The van der Waals surface area contributed by atoms with Crippen LogP contribution in [0, 0.1) is 5.82 Å². The van der Waals surface area contributed by atoms with Crippen LogP contribution in [0.1, 0.15) is 38.2 Å². The molecule has 0 spiro atoms. The van der Waals surface area contributed by atoms with E-state index in [9.17, 15) is 9.18 Å². The van der Waals surface area contributed by atoms with E-state index in [0.29, 0.717) is 18.4 Å². The van der Waals surface area contributed by atoms with Crippen LogP contribution in [0.2, 0.25) is 0 Å². The molecule has 0 aliphatic heterocycles. The van der Waals surface area contributed by atoms with Crippen LogP contribution in [0.4, 0.5) is 4.39 Å². The molecule has 0 saturated heterocycles. The number of rotatable bonds is 2. The van der Waals surface area contributed by atoms with Gasteiger partial charge in [-0.2, -0.15) is 0 Å². The molecule has 0 radical (unpaired) electrons. The van der Waals surface area contributed by atoms with Crippen LogP contribution in [0.15, 0.2) is 24.3 Å². The average molecular weight is 222 g/mol. The van der Waals surface area contributed by atoms with Gasteiger partial charge in [0.1, 0.15) is 11.4 Å². The number of hydrogen-bond donors (Lipinski definition) is 0. The summed E-state index contributed by atoms with van der Waals surface area (Å²) < 4.78 is 19.1. The zero-order valence-electron chi connectivity index (χ0n) is 9.33. The standard InChI is InChI=1S/C13H15FO2/c1-10(15)16-13(8-4-5-9-13)11-6-2-3-7-12(11)14/h2-3,6-7H,4-5,8-9H2,1H3. The van der Waals surface area contributed by atoms with Gasteiger partial charge >= 0.3 is 5.97 Å². The second-order valence-electron chi connectivity index (χ2n) is 4.27. The largest absolute Gasteiger partial charge is 0.454 e. The molecule has 16 heavy (non-hydrogen) atoms. The van der Waals surface area contributed by atoms with Crippen molar-refractivity contribution in [3.05, 3.63) is 35.6 Å². The molecular formula is C13H15FO2. The van der Waals surface area contributed by atoms with Crippen molar-refractivity contribution in [3.63, 3.8) is 0 Å². The number of carbonyl (C=O) groups excluding carboxylic acids is 1. The molecule has 1 aliphatic carbocycles. The maximum atomic E-state index is 13.7. The van der Waals surface area contributed by atoms with Gasteiger partial charge in [0.15, 0.2) is 0 Å². The lowest BCUT2D eigenvalue weighted by Crippen LogP contribution is -2.29. The summed E-state index contributed by atoms with van der Waals surface area (Å²) in [7, 11) is 0. The van der Waals surface area contributed by atoms with E-state index in [4.69, 9.17) is 4.74 Å². The Morgan fingerprint density at radius 2 is 1.94 bits per heavy atom. The molecular weight excluding hydrogens is 207 g/mol. The first-order valence-electron chi connectivity index (χ1n) is 5.59. The third-order valence-electron chi connectivity index (χ3n) is 3.12. The Bertz CT molecular complexity index is 395. The fourth-order valence-electron chi connectivity index (χ4n) is 2.48. The molecule has 0 N–H and O–H groups in total. The first kappa shape index (κ1) is 11.1. The molecule has 0 aromatic heterocycles. The van der Waals surface area contributed by atoms with Crippen molar-refractivity contribution < 1.29 is 13.9 Å². The van der Waals surface area contributed by atoms with Crippen LogP contribution < -0.4 is 0 Å². The fraction of sp³-hybridized carbons (Fsp3) is 0.462. The SMILES string of the molecule is CC(=O)OC1(c2ccccc2F)CCCC1. The Hall–Kier alpha value is -1.38. The van der Waals surface area contributed by atoms with Crippen molar-refractivity contribution in [2.45, 2.75) is 38.2 Å². The van der Waals surface area contributed by atoms with Crippen molar-refractivity contribution in [2.75, 3.05) is 0 Å². The molecule has 2 rings (SSSR count). The van der Waals surface area contributed by atoms with E-state index in [1.165, 1.54) is 13.0 Å². The van der Waals surface area contributed by atoms with E-state index in [-0.39, 0.29) is 11.8 Å². The van der Waals surface area contributed by atoms with Gasteiger partial charge in [-0.05, 0) is 31.7 Å². The number of carbonyl (C=O) groups is 1. The number of hydrogen-bond acceptors (Lipinski definition) is 2. The molecule has 0 atom stereocenters. The van der Waals surface area contributed by atoms with Crippen LogP contribution in [0.5, 0.6) is 0 Å². The smallest absolute Gasteiger partial charge is 0.303 e. The second-order valence-corrected chi connectivity index (χ2v) is 4.27. The second kappa shape index (κ2) is 4.24. The molecule has 0 heterocycles. The Morgan fingerprint density at radius 1 is 1.31 bits per heavy atom. The third-order valence-corrected chi connectivity index (χ3v) is 3.12. The van der Waals surface area contributed by atoms with Gasteiger partial charge < -0.3 is 4.74 Å². The van der Waals surface area contributed by atoms with Gasteiger partial charge in [-0.25, -0.2) is 4.39 Å². The summed E-state index contributed by atoms with van der Waals surface area (Å²) in [6, 6.07) is 6.56. The van der Waals surface area contributed by atoms with Crippen molar-refractivity contribution in [1.29, 1.82) is 0 Å². The molecule has 1 saturated carbocycles. The van der Waals surface area contributed by atoms with Crippen LogP contribution in [-0.2, 0) is 15.1 Å². The molecule has 1 aromatic rings. The summed E-state index contributed by atoms with van der Waals surface area (Å²) in [6.45, 7) is 1.38. The topological polar surface area (TPSA) is 26.3 Å². The maximum Gasteiger partial charge on any atom is 0.303 e. The van der Waals surface area contributed by atoms with Crippen LogP contribution in [0.25, 0.3) is 0 Å². The van der Waals surface area contributed by atoms with Crippen LogP contribution >= 0.6 is 0 Å². The van der Waals surface area contributed by atoms with Crippen molar-refractivity contribution in [3.8, 4) is 0 Å². The fourth-order valence-corrected chi connectivity index (χ4v) is 2.48. The lowest BCUT2D eigenvalue weighted by Gasteiger charge is -2.29. The summed E-state index contributed by atoms with van der Waals surface area (Å²) in [4.78, 5) is 11.1. The van der Waals surface area contributed by atoms with Crippen LogP contribution in [0.3, 0.4) is 0 Å². The summed E-state index contributed by atoms with van der Waals surface area (Å²) in [5.41, 5.74) is -0.209. The highest BCUT2D eigenvalue weighted by atomic mass is 19.1. The van der Waals surface area contributed by atoms with E-state index >= 15 is 0 Å². The van der Waals surface area contributed by atoms with E-state index in [2.05, 4.69) is 0 Å². The van der Waals surface area contributed by atoms with E-state index < -0.39 is 5.60 Å². The molecule has 0 bridgehead atoms. The van der Waals surface area contributed by atoms with Gasteiger partial charge in [0, 0.05) is 12.5 Å². The van der Waals surface area contributed by atoms with Gasteiger partial charge in [-0.1, -0.05) is 18.2 Å². The van der Waals surface area contributed by atoms with Gasteiger partial charge in [0.25, 0.3) is 0 Å². The van der Waals surface area contributed by atoms with Crippen LogP contribution in [-0.4, -0.2) is 5.97 Å². The number of halogens is 1. The van der Waals surface area contributed by atoms with E-state index in [0.717, 1.165) is 12.8 Å². The van der Waals surface area contributed by atoms with Gasteiger partial charge in [0.2, 0.25) is 0 Å². The maximum absolute atomic E-state index is 13.7. The number of benzene rings is 1. The minimum atomic E-state index is -0.725. The molecule has 1 aliphatic rings. The summed E-state index contributed by atoms with van der Waals surface area (Å²) in [5, 5.41) is 0. The Balaban J connectivity index is 2.39. The first-order chi connectivity index (χ1) is 7.64. The normalized spacial score (nSPS) is 18.4. The number of ether oxygens (including phenoxy) is 1. The Morgan fingerprint density at radius 3 is 2.50 bits per heavy atom. The minimum absolute atomic E-state index is 0.286. The summed E-state index contributed by atoms with van der Waals surface area (Å²) in [6.07, 6.45) is 3.38. The quantitative estimate of drug-likeness (QED) is 0.718. The van der Waals surface area contributed by atoms with Gasteiger partial charge in [0.05, 0.1) is 0 Å². The molecule has 0 amide bonds. The van der Waals surface area contributed by atoms with E-state index in [1.54, 1.807) is 18.2 Å². The molecule has 1 aromatic carbocycles. The molecule has 2 nitrogen and oxygen atoms in total. The summed E-state index contributed by atoms with van der Waals surface area (Å²) >= 11 is 0. The predicted octanol–water partition coefficient (Wildman–Crippen LogP) is 3.16. The minimum Gasteiger partial charge on any atom is -0.454 e. The molecule has 3 heteroatoms. The average Bonchev–Trinajstić information content (AvgIpc) is 2.67. The lowest BCUT2D eigenvalue weighted by atomic mass is 9.91. The monoisotopic (exact) mass is 222 g/mol. The number of esters is 1. The van der Waals surface area contributed by atoms with Crippen molar-refractivity contribution in [1.82, 2.24) is 0 Å². The molecule has 86 valence electrons. The Labute approximate surface area is 94.4 Å².